The first kappa shape index (κ1) is 20.8. The number of imide groups is 1. The van der Waals surface area contributed by atoms with Crippen molar-refractivity contribution in [2.75, 3.05) is 13.7 Å². The number of carbonyl (C=O) groups is 2. The van der Waals surface area contributed by atoms with Crippen molar-refractivity contribution in [3.05, 3.63) is 61.9 Å². The molecule has 0 N–H and O–H groups in total. The summed E-state index contributed by atoms with van der Waals surface area (Å²) in [6, 6.07) is 11.1. The molecule has 28 heavy (non-hydrogen) atoms. The molecule has 0 unspecified atom stereocenters. The Labute approximate surface area is 180 Å². The van der Waals surface area contributed by atoms with Crippen LogP contribution in [0.25, 0.3) is 6.08 Å². The molecule has 1 fully saturated rings. The van der Waals surface area contributed by atoms with E-state index in [1.165, 1.54) is 7.05 Å². The van der Waals surface area contributed by atoms with Crippen molar-refractivity contribution in [1.82, 2.24) is 4.90 Å². The van der Waals surface area contributed by atoms with E-state index in [0.717, 1.165) is 27.8 Å². The number of ether oxygens (including phenoxy) is 2. The normalized spacial score (nSPS) is 15.4. The molecule has 1 heterocycles. The topological polar surface area (TPSA) is 55.8 Å². The van der Waals surface area contributed by atoms with Crippen LogP contribution in [0.3, 0.4) is 0 Å². The molecule has 0 aromatic heterocycles. The van der Waals surface area contributed by atoms with E-state index in [9.17, 15) is 9.59 Å². The molecule has 146 valence electrons. The van der Waals surface area contributed by atoms with Gasteiger partial charge in [-0.2, -0.15) is 0 Å². The minimum absolute atomic E-state index is 0.284. The first-order valence-electron chi connectivity index (χ1n) is 8.44. The SMILES string of the molecule is CCOc1cc(/C=C2\SC(=O)N(C)C2=O)cc(Br)c1OCc1ccccc1Cl. The molecule has 5 nitrogen and oxygen atoms in total. The monoisotopic (exact) mass is 481 g/mol. The minimum Gasteiger partial charge on any atom is -0.490 e. The van der Waals surface area contributed by atoms with Crippen LogP contribution in [-0.2, 0) is 11.4 Å². The number of hydrogen-bond acceptors (Lipinski definition) is 5. The molecule has 1 aliphatic heterocycles. The van der Waals surface area contributed by atoms with Gasteiger partial charge in [0.1, 0.15) is 6.61 Å². The molecule has 0 radical (unpaired) electrons. The summed E-state index contributed by atoms with van der Waals surface area (Å²) in [7, 11) is 1.46. The predicted octanol–water partition coefficient (Wildman–Crippen LogP) is 5.75. The van der Waals surface area contributed by atoms with Gasteiger partial charge >= 0.3 is 0 Å². The molecule has 0 spiro atoms. The molecule has 1 saturated heterocycles. The Hall–Kier alpha value is -1.96. The van der Waals surface area contributed by atoms with E-state index < -0.39 is 0 Å². The third kappa shape index (κ3) is 4.54. The molecule has 3 rings (SSSR count). The molecule has 1 aliphatic rings. The fourth-order valence-electron chi connectivity index (χ4n) is 2.54. The van der Waals surface area contributed by atoms with Crippen LogP contribution in [0, 0.1) is 0 Å². The zero-order chi connectivity index (χ0) is 20.3. The predicted molar refractivity (Wildman–Crippen MR) is 115 cm³/mol. The van der Waals surface area contributed by atoms with Crippen LogP contribution in [0.2, 0.25) is 5.02 Å². The van der Waals surface area contributed by atoms with Crippen molar-refractivity contribution in [2.24, 2.45) is 0 Å². The van der Waals surface area contributed by atoms with E-state index in [2.05, 4.69) is 15.9 Å². The molecule has 2 aromatic rings. The molecular weight excluding hydrogens is 466 g/mol. The zero-order valence-corrected chi connectivity index (χ0v) is 18.4. The number of thioether (sulfide) groups is 1. The summed E-state index contributed by atoms with van der Waals surface area (Å²) in [4.78, 5) is 25.3. The Kier molecular flexibility index (Phi) is 6.69. The van der Waals surface area contributed by atoms with E-state index >= 15 is 0 Å². The van der Waals surface area contributed by atoms with Gasteiger partial charge in [0, 0.05) is 17.6 Å². The highest BCUT2D eigenvalue weighted by Gasteiger charge is 2.31. The highest BCUT2D eigenvalue weighted by Crippen LogP contribution is 2.39. The maximum Gasteiger partial charge on any atom is 0.293 e. The number of hydrogen-bond donors (Lipinski definition) is 0. The fraction of sp³-hybridized carbons (Fsp3) is 0.200. The lowest BCUT2D eigenvalue weighted by atomic mass is 10.1. The molecule has 2 amide bonds. The van der Waals surface area contributed by atoms with Crippen molar-refractivity contribution in [3.8, 4) is 11.5 Å². The summed E-state index contributed by atoms with van der Waals surface area (Å²) in [5.74, 6) is 0.761. The standard InChI is InChI=1S/C20H17BrClNO4S/c1-3-26-16-9-12(10-17-19(24)23(2)20(25)28-17)8-14(21)18(16)27-11-13-6-4-5-7-15(13)22/h4-10H,3,11H2,1-2H3/b17-10-. The highest BCUT2D eigenvalue weighted by atomic mass is 79.9. The van der Waals surface area contributed by atoms with Crippen molar-refractivity contribution in [1.29, 1.82) is 0 Å². The van der Waals surface area contributed by atoms with Crippen molar-refractivity contribution >= 4 is 56.5 Å². The Balaban J connectivity index is 1.89. The van der Waals surface area contributed by atoms with E-state index in [-0.39, 0.29) is 17.8 Å². The molecule has 0 bridgehead atoms. The van der Waals surface area contributed by atoms with Gasteiger partial charge in [0.25, 0.3) is 11.1 Å². The number of nitrogens with zero attached hydrogens (tertiary/aromatic N) is 1. The van der Waals surface area contributed by atoms with Gasteiger partial charge in [-0.15, -0.1) is 0 Å². The van der Waals surface area contributed by atoms with Crippen molar-refractivity contribution in [2.45, 2.75) is 13.5 Å². The average molecular weight is 483 g/mol. The lowest BCUT2D eigenvalue weighted by Gasteiger charge is -2.15. The zero-order valence-electron chi connectivity index (χ0n) is 15.2. The van der Waals surface area contributed by atoms with E-state index in [1.807, 2.05) is 37.3 Å². The van der Waals surface area contributed by atoms with Gasteiger partial charge in [-0.3, -0.25) is 14.5 Å². The Morgan fingerprint density at radius 3 is 2.61 bits per heavy atom. The maximum absolute atomic E-state index is 12.1. The van der Waals surface area contributed by atoms with Crippen molar-refractivity contribution in [3.63, 3.8) is 0 Å². The first-order chi connectivity index (χ1) is 13.4. The van der Waals surface area contributed by atoms with Crippen LogP contribution in [0.1, 0.15) is 18.1 Å². The average Bonchev–Trinajstić information content (AvgIpc) is 2.89. The summed E-state index contributed by atoms with van der Waals surface area (Å²) < 4.78 is 12.4. The van der Waals surface area contributed by atoms with Gasteiger partial charge in [0.15, 0.2) is 11.5 Å². The lowest BCUT2D eigenvalue weighted by molar-refractivity contribution is -0.121. The second-order valence-corrected chi connectivity index (χ2v) is 8.14. The fourth-order valence-corrected chi connectivity index (χ4v) is 4.13. The quantitative estimate of drug-likeness (QED) is 0.491. The third-order valence-electron chi connectivity index (χ3n) is 3.95. The molecule has 0 aliphatic carbocycles. The largest absolute Gasteiger partial charge is 0.490 e. The molecule has 2 aromatic carbocycles. The second kappa shape index (κ2) is 9.03. The number of amides is 2. The van der Waals surface area contributed by atoms with Crippen LogP contribution < -0.4 is 9.47 Å². The number of benzene rings is 2. The molecule has 0 atom stereocenters. The van der Waals surface area contributed by atoms with Crippen LogP contribution in [0.5, 0.6) is 11.5 Å². The first-order valence-corrected chi connectivity index (χ1v) is 10.4. The Morgan fingerprint density at radius 2 is 1.96 bits per heavy atom. The molecule has 0 saturated carbocycles. The van der Waals surface area contributed by atoms with Gasteiger partial charge in [-0.05, 0) is 64.5 Å². The maximum atomic E-state index is 12.1. The smallest absolute Gasteiger partial charge is 0.293 e. The van der Waals surface area contributed by atoms with Gasteiger partial charge in [0.2, 0.25) is 0 Å². The number of halogens is 2. The Morgan fingerprint density at radius 1 is 1.21 bits per heavy atom. The lowest BCUT2D eigenvalue weighted by Crippen LogP contribution is -2.22. The highest BCUT2D eigenvalue weighted by molar-refractivity contribution is 9.10. The number of rotatable bonds is 6. The van der Waals surface area contributed by atoms with Gasteiger partial charge in [-0.1, -0.05) is 29.8 Å². The van der Waals surface area contributed by atoms with Crippen LogP contribution in [0.4, 0.5) is 4.79 Å². The van der Waals surface area contributed by atoms with Gasteiger partial charge in [0.05, 0.1) is 16.0 Å². The van der Waals surface area contributed by atoms with Crippen LogP contribution >= 0.6 is 39.3 Å². The summed E-state index contributed by atoms with van der Waals surface area (Å²) >= 11 is 10.6. The summed E-state index contributed by atoms with van der Waals surface area (Å²) in [5.41, 5.74) is 1.58. The summed E-state index contributed by atoms with van der Waals surface area (Å²) in [5, 5.41) is 0.337. The Bertz CT molecular complexity index is 963. The van der Waals surface area contributed by atoms with Crippen LogP contribution in [-0.4, -0.2) is 29.7 Å². The summed E-state index contributed by atoms with van der Waals surface area (Å²) in [6.07, 6.45) is 1.67. The molecular formula is C20H17BrClNO4S. The van der Waals surface area contributed by atoms with Gasteiger partial charge in [-0.25, -0.2) is 0 Å². The van der Waals surface area contributed by atoms with E-state index in [1.54, 1.807) is 12.1 Å². The number of carbonyl (C=O) groups excluding carboxylic acids is 2. The van der Waals surface area contributed by atoms with Crippen molar-refractivity contribution < 1.29 is 19.1 Å². The summed E-state index contributed by atoms with van der Waals surface area (Å²) in [6.45, 7) is 2.61. The second-order valence-electron chi connectivity index (χ2n) is 5.88. The molecule has 8 heteroatoms. The van der Waals surface area contributed by atoms with Gasteiger partial charge < -0.3 is 9.47 Å². The van der Waals surface area contributed by atoms with E-state index in [0.29, 0.717) is 32.5 Å². The minimum atomic E-state index is -0.317. The van der Waals surface area contributed by atoms with E-state index in [4.69, 9.17) is 21.1 Å². The van der Waals surface area contributed by atoms with Crippen LogP contribution in [0.15, 0.2) is 45.8 Å². The number of likely N-dealkylation sites (N-methyl/N-ethyl adjacent to an activating group) is 1. The third-order valence-corrected chi connectivity index (χ3v) is 5.86.